The van der Waals surface area contributed by atoms with Crippen LogP contribution in [0, 0.1) is 0 Å². The quantitative estimate of drug-likeness (QED) is 0.843. The van der Waals surface area contributed by atoms with Crippen molar-refractivity contribution in [2.45, 2.75) is 19.5 Å². The van der Waals surface area contributed by atoms with Crippen LogP contribution in [0.1, 0.15) is 16.0 Å². The molecule has 1 fully saturated rings. The molecule has 25 heavy (non-hydrogen) atoms. The number of carbonyl (C=O) groups excluding carboxylic acids is 1. The first-order valence-corrected chi connectivity index (χ1v) is 9.97. The Labute approximate surface area is 153 Å². The second-order valence-corrected chi connectivity index (χ2v) is 8.00. The Bertz CT molecular complexity index is 707. The Hall–Kier alpha value is -1.69. The van der Waals surface area contributed by atoms with Crippen LogP contribution in [-0.4, -0.2) is 59.9 Å². The maximum atomic E-state index is 12.7. The summed E-state index contributed by atoms with van der Waals surface area (Å²) in [4.78, 5) is 20.9. The van der Waals surface area contributed by atoms with Crippen LogP contribution >= 0.6 is 11.3 Å². The minimum atomic E-state index is 0.287. The van der Waals surface area contributed by atoms with E-state index in [1.807, 2.05) is 16.2 Å². The van der Waals surface area contributed by atoms with Crippen LogP contribution in [0.25, 0.3) is 0 Å². The molecule has 132 valence electrons. The van der Waals surface area contributed by atoms with Crippen LogP contribution in [0.15, 0.2) is 41.8 Å². The number of nitrogens with zero attached hydrogens (tertiary/aromatic N) is 3. The normalized spacial score (nSPS) is 19.0. The van der Waals surface area contributed by atoms with E-state index in [1.165, 1.54) is 16.0 Å². The van der Waals surface area contributed by atoms with Gasteiger partial charge in [-0.3, -0.25) is 14.6 Å². The summed E-state index contributed by atoms with van der Waals surface area (Å²) < 4.78 is 0. The molecule has 5 heteroatoms. The van der Waals surface area contributed by atoms with E-state index in [-0.39, 0.29) is 5.91 Å². The highest BCUT2D eigenvalue weighted by Crippen LogP contribution is 2.19. The zero-order valence-electron chi connectivity index (χ0n) is 14.6. The van der Waals surface area contributed by atoms with Crippen molar-refractivity contribution in [3.05, 3.63) is 57.8 Å². The highest BCUT2D eigenvalue weighted by Gasteiger charge is 2.24. The zero-order chi connectivity index (χ0) is 17.1. The van der Waals surface area contributed by atoms with Gasteiger partial charge in [0.15, 0.2) is 0 Å². The number of thiophene rings is 1. The lowest BCUT2D eigenvalue weighted by molar-refractivity contribution is -0.134. The highest BCUT2D eigenvalue weighted by molar-refractivity contribution is 7.09. The fourth-order valence-electron chi connectivity index (χ4n) is 3.76. The van der Waals surface area contributed by atoms with E-state index in [9.17, 15) is 4.79 Å². The summed E-state index contributed by atoms with van der Waals surface area (Å²) in [7, 11) is 0. The van der Waals surface area contributed by atoms with Gasteiger partial charge in [0.05, 0.1) is 6.54 Å². The van der Waals surface area contributed by atoms with Crippen molar-refractivity contribution in [1.29, 1.82) is 0 Å². The van der Waals surface area contributed by atoms with E-state index in [0.29, 0.717) is 6.54 Å². The third-order valence-corrected chi connectivity index (χ3v) is 6.11. The lowest BCUT2D eigenvalue weighted by atomic mass is 10.00. The number of rotatable bonds is 4. The van der Waals surface area contributed by atoms with E-state index in [4.69, 9.17) is 0 Å². The summed E-state index contributed by atoms with van der Waals surface area (Å²) in [5.41, 5.74) is 2.82. The van der Waals surface area contributed by atoms with Gasteiger partial charge in [0.2, 0.25) is 5.91 Å². The van der Waals surface area contributed by atoms with Gasteiger partial charge in [-0.15, -0.1) is 11.3 Å². The fourth-order valence-corrected chi connectivity index (χ4v) is 4.50. The summed E-state index contributed by atoms with van der Waals surface area (Å²) in [5.74, 6) is 0.287. The van der Waals surface area contributed by atoms with Crippen molar-refractivity contribution >= 4 is 17.2 Å². The van der Waals surface area contributed by atoms with Gasteiger partial charge in [-0.05, 0) is 29.0 Å². The molecular formula is C20H25N3OS. The molecule has 2 aliphatic heterocycles. The highest BCUT2D eigenvalue weighted by atomic mass is 32.1. The van der Waals surface area contributed by atoms with E-state index in [0.717, 1.165) is 52.2 Å². The standard InChI is InChI=1S/C20H25N3OS/c24-20(16-22-8-7-17-4-1-2-5-18(17)14-22)23-11-9-21(10-12-23)15-19-6-3-13-25-19/h1-6,13H,7-12,14-16H2. The SMILES string of the molecule is O=C(CN1CCc2ccccc2C1)N1CCN(Cc2cccs2)CC1. The van der Waals surface area contributed by atoms with Gasteiger partial charge in [-0.2, -0.15) is 0 Å². The molecule has 4 rings (SSSR count). The monoisotopic (exact) mass is 355 g/mol. The van der Waals surface area contributed by atoms with Crippen LogP contribution in [0.2, 0.25) is 0 Å². The lowest BCUT2D eigenvalue weighted by Gasteiger charge is -2.36. The summed E-state index contributed by atoms with van der Waals surface area (Å²) in [5, 5.41) is 2.13. The molecule has 1 aromatic carbocycles. The largest absolute Gasteiger partial charge is 0.339 e. The average molecular weight is 356 g/mol. The van der Waals surface area contributed by atoms with Gasteiger partial charge in [-0.25, -0.2) is 0 Å². The molecule has 0 unspecified atom stereocenters. The molecule has 4 nitrogen and oxygen atoms in total. The Balaban J connectivity index is 1.25. The van der Waals surface area contributed by atoms with Gasteiger partial charge in [0.1, 0.15) is 0 Å². The maximum absolute atomic E-state index is 12.7. The number of benzene rings is 1. The second-order valence-electron chi connectivity index (χ2n) is 6.97. The van der Waals surface area contributed by atoms with Gasteiger partial charge >= 0.3 is 0 Å². The molecule has 0 N–H and O–H groups in total. The second kappa shape index (κ2) is 7.68. The Kier molecular flexibility index (Phi) is 5.15. The van der Waals surface area contributed by atoms with E-state index >= 15 is 0 Å². The Morgan fingerprint density at radius 2 is 1.72 bits per heavy atom. The molecule has 3 heterocycles. The summed E-state index contributed by atoms with van der Waals surface area (Å²) >= 11 is 1.81. The smallest absolute Gasteiger partial charge is 0.236 e. The molecule has 0 saturated carbocycles. The molecule has 1 aromatic heterocycles. The fraction of sp³-hybridized carbons (Fsp3) is 0.450. The number of fused-ring (bicyclic) bond motifs is 1. The maximum Gasteiger partial charge on any atom is 0.236 e. The molecule has 0 aliphatic carbocycles. The number of hydrogen-bond donors (Lipinski definition) is 0. The number of hydrogen-bond acceptors (Lipinski definition) is 4. The topological polar surface area (TPSA) is 26.8 Å². The summed E-state index contributed by atoms with van der Waals surface area (Å²) in [6.45, 7) is 7.13. The lowest BCUT2D eigenvalue weighted by Crippen LogP contribution is -2.51. The predicted octanol–water partition coefficient (Wildman–Crippen LogP) is 2.45. The van der Waals surface area contributed by atoms with Crippen LogP contribution in [-0.2, 0) is 24.3 Å². The van der Waals surface area contributed by atoms with E-state index < -0.39 is 0 Å². The number of carbonyl (C=O) groups is 1. The van der Waals surface area contributed by atoms with Gasteiger partial charge < -0.3 is 4.90 Å². The molecule has 0 atom stereocenters. The Morgan fingerprint density at radius 3 is 2.48 bits per heavy atom. The summed E-state index contributed by atoms with van der Waals surface area (Å²) in [6.07, 6.45) is 1.05. The average Bonchev–Trinajstić information content (AvgIpc) is 3.15. The van der Waals surface area contributed by atoms with Crippen LogP contribution < -0.4 is 0 Å². The Morgan fingerprint density at radius 1 is 0.920 bits per heavy atom. The van der Waals surface area contributed by atoms with Crippen molar-refractivity contribution in [1.82, 2.24) is 14.7 Å². The molecular weight excluding hydrogens is 330 g/mol. The molecule has 0 radical (unpaired) electrons. The first-order chi connectivity index (χ1) is 12.3. The number of amides is 1. The minimum Gasteiger partial charge on any atom is -0.339 e. The van der Waals surface area contributed by atoms with Crippen molar-refractivity contribution in [3.8, 4) is 0 Å². The first kappa shape index (κ1) is 16.8. The van der Waals surface area contributed by atoms with Crippen LogP contribution in [0.3, 0.4) is 0 Å². The predicted molar refractivity (Wildman–Crippen MR) is 102 cm³/mol. The van der Waals surface area contributed by atoms with Gasteiger partial charge in [0, 0.05) is 50.7 Å². The first-order valence-electron chi connectivity index (χ1n) is 9.09. The third kappa shape index (κ3) is 4.11. The van der Waals surface area contributed by atoms with Crippen LogP contribution in [0.5, 0.6) is 0 Å². The van der Waals surface area contributed by atoms with Crippen molar-refractivity contribution < 1.29 is 4.79 Å². The molecule has 1 amide bonds. The molecule has 0 spiro atoms. The summed E-state index contributed by atoms with van der Waals surface area (Å²) in [6, 6.07) is 12.9. The number of piperazine rings is 1. The van der Waals surface area contributed by atoms with Gasteiger partial charge in [-0.1, -0.05) is 30.3 Å². The molecule has 1 saturated heterocycles. The minimum absolute atomic E-state index is 0.287. The third-order valence-electron chi connectivity index (χ3n) is 5.25. The van der Waals surface area contributed by atoms with E-state index in [1.54, 1.807) is 0 Å². The molecule has 2 aromatic rings. The molecule has 2 aliphatic rings. The van der Waals surface area contributed by atoms with Crippen LogP contribution in [0.4, 0.5) is 0 Å². The van der Waals surface area contributed by atoms with Crippen molar-refractivity contribution in [2.24, 2.45) is 0 Å². The van der Waals surface area contributed by atoms with E-state index in [2.05, 4.69) is 51.6 Å². The molecule has 0 bridgehead atoms. The van der Waals surface area contributed by atoms with Gasteiger partial charge in [0.25, 0.3) is 0 Å². The zero-order valence-corrected chi connectivity index (χ0v) is 15.4. The van der Waals surface area contributed by atoms with Crippen molar-refractivity contribution in [3.63, 3.8) is 0 Å². The van der Waals surface area contributed by atoms with Crippen molar-refractivity contribution in [2.75, 3.05) is 39.3 Å².